The largest absolute Gasteiger partial charge is 0.506 e. The van der Waals surface area contributed by atoms with Crippen LogP contribution in [0.2, 0.25) is 0 Å². The van der Waals surface area contributed by atoms with Gasteiger partial charge in [0.15, 0.2) is 0 Å². The quantitative estimate of drug-likeness (QED) is 0.488. The number of nitrogens with zero attached hydrogens (tertiary/aromatic N) is 1. The lowest BCUT2D eigenvalue weighted by Crippen LogP contribution is -2.30. The summed E-state index contributed by atoms with van der Waals surface area (Å²) in [5.74, 6) is -0.525. The zero-order valence-electron chi connectivity index (χ0n) is 14.2. The number of carbonyl (C=O) groups excluding carboxylic acids is 2. The molecule has 0 saturated carbocycles. The van der Waals surface area contributed by atoms with Crippen LogP contribution in [0.4, 0.5) is 4.79 Å². The van der Waals surface area contributed by atoms with Gasteiger partial charge >= 0.3 is 12.1 Å². The topological polar surface area (TPSA) is 118 Å². The Balaban J connectivity index is 2.52. The van der Waals surface area contributed by atoms with Crippen LogP contribution < -0.4 is 5.32 Å². The highest BCUT2D eigenvalue weighted by Gasteiger charge is 2.16. The summed E-state index contributed by atoms with van der Waals surface area (Å²) >= 11 is 0. The number of nitrogens with one attached hydrogen (secondary N) is 1. The Labute approximate surface area is 140 Å². The molecule has 1 aromatic rings. The Hall–Kier alpha value is -2.35. The summed E-state index contributed by atoms with van der Waals surface area (Å²) in [6.45, 7) is 4.63. The molecule has 0 aromatic carbocycles. The number of hydrogen-bond acceptors (Lipinski definition) is 7. The molecule has 1 unspecified atom stereocenters. The van der Waals surface area contributed by atoms with Crippen molar-refractivity contribution in [1.29, 1.82) is 0 Å². The molecule has 24 heavy (non-hydrogen) atoms. The van der Waals surface area contributed by atoms with Gasteiger partial charge in [0.25, 0.3) is 0 Å². The number of amides is 1. The van der Waals surface area contributed by atoms with Crippen LogP contribution >= 0.6 is 0 Å². The van der Waals surface area contributed by atoms with Crippen molar-refractivity contribution in [3.63, 3.8) is 0 Å². The van der Waals surface area contributed by atoms with Gasteiger partial charge in [-0.2, -0.15) is 0 Å². The maximum atomic E-state index is 11.7. The Kier molecular flexibility index (Phi) is 7.97. The predicted octanol–water partition coefficient (Wildman–Crippen LogP) is 1.89. The fraction of sp³-hybridized carbons (Fsp3) is 0.562. The molecular weight excluding hydrogens is 316 g/mol. The van der Waals surface area contributed by atoms with Crippen LogP contribution in [0, 0.1) is 6.92 Å². The number of unbranched alkanes of at least 4 members (excludes halogenated alkanes) is 1. The minimum Gasteiger partial charge on any atom is -0.506 e. The van der Waals surface area contributed by atoms with Crippen LogP contribution in [0.1, 0.15) is 49.9 Å². The van der Waals surface area contributed by atoms with E-state index in [4.69, 9.17) is 9.47 Å². The molecule has 3 N–H and O–H groups in total. The SMILES string of the molecule is CCCCC(=O)OC(C)OC(=O)NCc1c(CO)cnc(C)c1O. The molecule has 0 spiro atoms. The van der Waals surface area contributed by atoms with E-state index in [1.807, 2.05) is 6.92 Å². The van der Waals surface area contributed by atoms with E-state index >= 15 is 0 Å². The van der Waals surface area contributed by atoms with Crippen LogP contribution in [-0.4, -0.2) is 33.5 Å². The fourth-order valence-electron chi connectivity index (χ4n) is 1.96. The van der Waals surface area contributed by atoms with Crippen LogP contribution in [0.15, 0.2) is 6.20 Å². The number of aliphatic hydroxyl groups excluding tert-OH is 1. The standard InChI is InChI=1S/C16H24N2O6/c1-4-5-6-14(20)23-11(3)24-16(22)18-8-13-12(9-19)7-17-10(2)15(13)21/h7,11,19,21H,4-6,8-9H2,1-3H3,(H,18,22). The summed E-state index contributed by atoms with van der Waals surface area (Å²) in [7, 11) is 0. The van der Waals surface area contributed by atoms with Crippen LogP contribution in [-0.2, 0) is 27.4 Å². The monoisotopic (exact) mass is 340 g/mol. The fourth-order valence-corrected chi connectivity index (χ4v) is 1.96. The van der Waals surface area contributed by atoms with Gasteiger partial charge in [-0.15, -0.1) is 0 Å². The molecule has 0 aliphatic carbocycles. The van der Waals surface area contributed by atoms with Crippen molar-refractivity contribution in [3.05, 3.63) is 23.0 Å². The van der Waals surface area contributed by atoms with Crippen molar-refractivity contribution in [3.8, 4) is 5.75 Å². The molecule has 8 heteroatoms. The Morgan fingerprint density at radius 3 is 2.71 bits per heavy atom. The molecule has 1 heterocycles. The third kappa shape index (κ3) is 6.04. The van der Waals surface area contributed by atoms with Gasteiger partial charge in [-0.3, -0.25) is 9.78 Å². The zero-order valence-corrected chi connectivity index (χ0v) is 14.2. The second-order valence-corrected chi connectivity index (χ2v) is 5.27. The summed E-state index contributed by atoms with van der Waals surface area (Å²) in [5.41, 5.74) is 1.14. The molecule has 0 bridgehead atoms. The summed E-state index contributed by atoms with van der Waals surface area (Å²) in [4.78, 5) is 27.1. The van der Waals surface area contributed by atoms with E-state index in [1.54, 1.807) is 6.92 Å². The molecule has 0 aliphatic rings. The molecule has 0 saturated heterocycles. The number of aromatic nitrogens is 1. The number of rotatable bonds is 8. The number of pyridine rings is 1. The van der Waals surface area contributed by atoms with Gasteiger partial charge in [-0.05, 0) is 13.3 Å². The lowest BCUT2D eigenvalue weighted by Gasteiger charge is -2.16. The average Bonchev–Trinajstić information content (AvgIpc) is 2.53. The maximum Gasteiger partial charge on any atom is 0.410 e. The van der Waals surface area contributed by atoms with Gasteiger partial charge in [-0.1, -0.05) is 13.3 Å². The van der Waals surface area contributed by atoms with Crippen molar-refractivity contribution in [2.75, 3.05) is 0 Å². The third-order valence-corrected chi connectivity index (χ3v) is 3.31. The number of aromatic hydroxyl groups is 1. The summed E-state index contributed by atoms with van der Waals surface area (Å²) < 4.78 is 9.85. The second kappa shape index (κ2) is 9.71. The number of aryl methyl sites for hydroxylation is 1. The number of esters is 1. The second-order valence-electron chi connectivity index (χ2n) is 5.27. The first-order valence-corrected chi connectivity index (χ1v) is 7.80. The van der Waals surface area contributed by atoms with E-state index < -0.39 is 18.4 Å². The average molecular weight is 340 g/mol. The molecular formula is C16H24N2O6. The number of aliphatic hydroxyl groups is 1. The van der Waals surface area contributed by atoms with Crippen LogP contribution in [0.5, 0.6) is 5.75 Å². The van der Waals surface area contributed by atoms with Crippen molar-refractivity contribution in [2.45, 2.75) is 59.5 Å². The van der Waals surface area contributed by atoms with Crippen molar-refractivity contribution < 1.29 is 29.3 Å². The van der Waals surface area contributed by atoms with Gasteiger partial charge in [0.2, 0.25) is 6.29 Å². The number of alkyl carbamates (subject to hydrolysis) is 1. The highest BCUT2D eigenvalue weighted by atomic mass is 16.7. The van der Waals surface area contributed by atoms with Crippen molar-refractivity contribution in [1.82, 2.24) is 10.3 Å². The molecule has 1 rings (SSSR count). The normalized spacial score (nSPS) is 11.7. The van der Waals surface area contributed by atoms with E-state index in [-0.39, 0.29) is 25.3 Å². The van der Waals surface area contributed by atoms with E-state index in [2.05, 4.69) is 10.3 Å². The van der Waals surface area contributed by atoms with E-state index in [0.717, 1.165) is 6.42 Å². The highest BCUT2D eigenvalue weighted by molar-refractivity contribution is 5.70. The van der Waals surface area contributed by atoms with Gasteiger partial charge in [0.1, 0.15) is 5.75 Å². The minimum absolute atomic E-state index is 0.0551. The summed E-state index contributed by atoms with van der Waals surface area (Å²) in [6.07, 6.45) is 1.46. The molecule has 1 amide bonds. The zero-order chi connectivity index (χ0) is 18.1. The van der Waals surface area contributed by atoms with Crippen LogP contribution in [0.25, 0.3) is 0 Å². The lowest BCUT2D eigenvalue weighted by molar-refractivity contribution is -0.164. The summed E-state index contributed by atoms with van der Waals surface area (Å²) in [6, 6.07) is 0. The molecule has 1 aromatic heterocycles. The van der Waals surface area contributed by atoms with Crippen molar-refractivity contribution >= 4 is 12.1 Å². The first-order valence-electron chi connectivity index (χ1n) is 7.80. The summed E-state index contributed by atoms with van der Waals surface area (Å²) in [5, 5.41) is 21.7. The predicted molar refractivity (Wildman–Crippen MR) is 85.0 cm³/mol. The van der Waals surface area contributed by atoms with Gasteiger partial charge in [0, 0.05) is 30.7 Å². The van der Waals surface area contributed by atoms with Gasteiger partial charge in [-0.25, -0.2) is 4.79 Å². The molecule has 134 valence electrons. The van der Waals surface area contributed by atoms with E-state index in [1.165, 1.54) is 13.1 Å². The first-order chi connectivity index (χ1) is 11.4. The first kappa shape index (κ1) is 19.7. The third-order valence-electron chi connectivity index (χ3n) is 3.31. The number of hydrogen-bond donors (Lipinski definition) is 3. The Bertz CT molecular complexity index is 576. The van der Waals surface area contributed by atoms with Gasteiger partial charge in [0.05, 0.1) is 18.8 Å². The number of carbonyl (C=O) groups is 2. The molecule has 0 fully saturated rings. The number of ether oxygens (including phenoxy) is 2. The highest BCUT2D eigenvalue weighted by Crippen LogP contribution is 2.23. The van der Waals surface area contributed by atoms with Crippen LogP contribution in [0.3, 0.4) is 0 Å². The van der Waals surface area contributed by atoms with E-state index in [0.29, 0.717) is 23.2 Å². The van der Waals surface area contributed by atoms with Crippen molar-refractivity contribution in [2.24, 2.45) is 0 Å². The molecule has 0 aliphatic heterocycles. The smallest absolute Gasteiger partial charge is 0.410 e. The molecule has 1 atom stereocenters. The molecule has 8 nitrogen and oxygen atoms in total. The maximum absolute atomic E-state index is 11.7. The van der Waals surface area contributed by atoms with E-state index in [9.17, 15) is 19.8 Å². The lowest BCUT2D eigenvalue weighted by atomic mass is 10.1. The molecule has 0 radical (unpaired) electrons. The minimum atomic E-state index is -1.01. The Morgan fingerprint density at radius 2 is 2.08 bits per heavy atom. The Morgan fingerprint density at radius 1 is 1.38 bits per heavy atom. The van der Waals surface area contributed by atoms with Gasteiger partial charge < -0.3 is 25.0 Å².